The number of nitrogens with zero attached hydrogens (tertiary/aromatic N) is 1. The van der Waals surface area contributed by atoms with E-state index in [0.717, 1.165) is 0 Å². The number of hydrogen-bond donors (Lipinski definition) is 3. The number of amides is 2. The van der Waals surface area contributed by atoms with Gasteiger partial charge in [-0.2, -0.15) is 0 Å². The molecule has 0 saturated heterocycles. The summed E-state index contributed by atoms with van der Waals surface area (Å²) in [5, 5.41) is 13.1. The first-order chi connectivity index (χ1) is 8.50. The highest BCUT2D eigenvalue weighted by molar-refractivity contribution is 5.78. The Labute approximate surface area is 106 Å². The Morgan fingerprint density at radius 2 is 1.89 bits per heavy atom. The van der Waals surface area contributed by atoms with E-state index >= 15 is 0 Å². The molecule has 98 valence electrons. The van der Waals surface area contributed by atoms with E-state index in [0.29, 0.717) is 5.56 Å². The number of hydrogen-bond acceptors (Lipinski definition) is 3. The van der Waals surface area contributed by atoms with Crippen LogP contribution >= 0.6 is 0 Å². The van der Waals surface area contributed by atoms with Gasteiger partial charge in [0.15, 0.2) is 0 Å². The fourth-order valence-electron chi connectivity index (χ4n) is 1.47. The Morgan fingerprint density at radius 3 is 2.39 bits per heavy atom. The maximum absolute atomic E-state index is 11.4. The van der Waals surface area contributed by atoms with E-state index in [1.165, 1.54) is 5.01 Å². The van der Waals surface area contributed by atoms with Crippen LogP contribution in [0.15, 0.2) is 30.3 Å². The molecule has 1 rings (SSSR count). The van der Waals surface area contributed by atoms with Gasteiger partial charge in [0.1, 0.15) is 0 Å². The second-order valence-corrected chi connectivity index (χ2v) is 4.02. The molecule has 18 heavy (non-hydrogen) atoms. The minimum atomic E-state index is -0.966. The summed E-state index contributed by atoms with van der Waals surface area (Å²) in [6.45, 7) is 0.0407. The molecule has 6 nitrogen and oxygen atoms in total. The van der Waals surface area contributed by atoms with Crippen LogP contribution in [-0.4, -0.2) is 42.8 Å². The SMILES string of the molecule is CN(C)NC(=O)NCC(C(=O)O)c1ccccc1. The lowest BCUT2D eigenvalue weighted by molar-refractivity contribution is -0.138. The summed E-state index contributed by atoms with van der Waals surface area (Å²) in [6.07, 6.45) is 0. The third-order valence-electron chi connectivity index (χ3n) is 2.29. The molecule has 1 atom stereocenters. The van der Waals surface area contributed by atoms with Crippen molar-refractivity contribution in [2.75, 3.05) is 20.6 Å². The van der Waals surface area contributed by atoms with Crippen LogP contribution < -0.4 is 10.7 Å². The zero-order valence-electron chi connectivity index (χ0n) is 10.4. The van der Waals surface area contributed by atoms with Gasteiger partial charge in [-0.05, 0) is 5.56 Å². The highest BCUT2D eigenvalue weighted by Crippen LogP contribution is 2.14. The second-order valence-electron chi connectivity index (χ2n) is 4.02. The Kier molecular flexibility index (Phi) is 5.13. The number of carboxylic acids is 1. The minimum Gasteiger partial charge on any atom is -0.481 e. The number of hydrazine groups is 1. The van der Waals surface area contributed by atoms with Gasteiger partial charge in [-0.15, -0.1) is 0 Å². The van der Waals surface area contributed by atoms with Crippen LogP contribution in [0.4, 0.5) is 4.79 Å². The molecule has 1 aromatic rings. The number of urea groups is 1. The molecule has 0 radical (unpaired) electrons. The van der Waals surface area contributed by atoms with Crippen molar-refractivity contribution in [1.29, 1.82) is 0 Å². The molecule has 0 heterocycles. The molecule has 2 amide bonds. The van der Waals surface area contributed by atoms with Crippen LogP contribution in [-0.2, 0) is 4.79 Å². The van der Waals surface area contributed by atoms with Crippen LogP contribution in [0.1, 0.15) is 11.5 Å². The van der Waals surface area contributed by atoms with Gasteiger partial charge in [0.2, 0.25) is 0 Å². The normalized spacial score (nSPS) is 11.9. The Bertz CT molecular complexity index is 406. The lowest BCUT2D eigenvalue weighted by Gasteiger charge is -2.16. The average Bonchev–Trinajstić information content (AvgIpc) is 2.29. The number of rotatable bonds is 5. The van der Waals surface area contributed by atoms with Gasteiger partial charge in [0, 0.05) is 20.6 Å². The van der Waals surface area contributed by atoms with Gasteiger partial charge in [-0.1, -0.05) is 30.3 Å². The standard InChI is InChI=1S/C12H17N3O3/c1-15(2)14-12(18)13-8-10(11(16)17)9-6-4-3-5-7-9/h3-7,10H,8H2,1-2H3,(H,16,17)(H2,13,14,18). The maximum Gasteiger partial charge on any atom is 0.329 e. The van der Waals surface area contributed by atoms with E-state index in [-0.39, 0.29) is 6.54 Å². The van der Waals surface area contributed by atoms with Crippen LogP contribution in [0.5, 0.6) is 0 Å². The maximum atomic E-state index is 11.4. The van der Waals surface area contributed by atoms with E-state index in [2.05, 4.69) is 10.7 Å². The molecule has 0 aliphatic carbocycles. The number of carboxylic acid groups (broad SMARTS) is 1. The summed E-state index contributed by atoms with van der Waals surface area (Å²) in [5.41, 5.74) is 3.14. The van der Waals surface area contributed by atoms with Crippen molar-refractivity contribution in [3.8, 4) is 0 Å². The predicted octanol–water partition coefficient (Wildman–Crippen LogP) is 0.631. The van der Waals surface area contributed by atoms with Crippen molar-refractivity contribution in [2.45, 2.75) is 5.92 Å². The van der Waals surface area contributed by atoms with Gasteiger partial charge in [0.05, 0.1) is 5.92 Å². The van der Waals surface area contributed by atoms with Crippen molar-refractivity contribution in [3.63, 3.8) is 0 Å². The molecule has 0 bridgehead atoms. The first-order valence-electron chi connectivity index (χ1n) is 5.50. The van der Waals surface area contributed by atoms with Crippen molar-refractivity contribution in [3.05, 3.63) is 35.9 Å². The van der Waals surface area contributed by atoms with Gasteiger partial charge >= 0.3 is 12.0 Å². The fraction of sp³-hybridized carbons (Fsp3) is 0.333. The molecule has 0 aromatic heterocycles. The lowest BCUT2D eigenvalue weighted by Crippen LogP contribution is -2.45. The van der Waals surface area contributed by atoms with Crippen LogP contribution in [0.25, 0.3) is 0 Å². The number of nitrogens with one attached hydrogen (secondary N) is 2. The van der Waals surface area contributed by atoms with E-state index in [9.17, 15) is 9.59 Å². The van der Waals surface area contributed by atoms with E-state index in [1.54, 1.807) is 38.4 Å². The largest absolute Gasteiger partial charge is 0.481 e. The molecule has 0 aliphatic heterocycles. The highest BCUT2D eigenvalue weighted by Gasteiger charge is 2.20. The molecule has 0 fully saturated rings. The third kappa shape index (κ3) is 4.42. The summed E-state index contributed by atoms with van der Waals surface area (Å²) in [7, 11) is 3.34. The van der Waals surface area contributed by atoms with Crippen molar-refractivity contribution >= 4 is 12.0 Å². The predicted molar refractivity (Wildman–Crippen MR) is 67.0 cm³/mol. The molecular formula is C12H17N3O3. The minimum absolute atomic E-state index is 0.0407. The van der Waals surface area contributed by atoms with Crippen LogP contribution in [0, 0.1) is 0 Å². The van der Waals surface area contributed by atoms with Crippen LogP contribution in [0.3, 0.4) is 0 Å². The van der Waals surface area contributed by atoms with Gasteiger partial charge in [0.25, 0.3) is 0 Å². The first-order valence-corrected chi connectivity index (χ1v) is 5.50. The summed E-state index contributed by atoms with van der Waals surface area (Å²) in [5.74, 6) is -1.72. The van der Waals surface area contributed by atoms with E-state index < -0.39 is 17.9 Å². The number of aliphatic carboxylic acids is 1. The number of carbonyl (C=O) groups is 2. The molecule has 1 unspecified atom stereocenters. The smallest absolute Gasteiger partial charge is 0.329 e. The fourth-order valence-corrected chi connectivity index (χ4v) is 1.47. The molecular weight excluding hydrogens is 234 g/mol. The molecule has 0 aliphatic rings. The molecule has 6 heteroatoms. The number of carbonyl (C=O) groups excluding carboxylic acids is 1. The third-order valence-corrected chi connectivity index (χ3v) is 2.29. The van der Waals surface area contributed by atoms with Gasteiger partial charge in [-0.25, -0.2) is 9.80 Å². The molecule has 0 saturated carbocycles. The molecule has 3 N–H and O–H groups in total. The van der Waals surface area contributed by atoms with Crippen LogP contribution in [0.2, 0.25) is 0 Å². The van der Waals surface area contributed by atoms with E-state index in [4.69, 9.17) is 5.11 Å². The monoisotopic (exact) mass is 251 g/mol. The first kappa shape index (κ1) is 14.0. The quantitative estimate of drug-likeness (QED) is 0.670. The average molecular weight is 251 g/mol. The zero-order chi connectivity index (χ0) is 13.5. The van der Waals surface area contributed by atoms with E-state index in [1.807, 2.05) is 6.07 Å². The van der Waals surface area contributed by atoms with Gasteiger partial charge in [-0.3, -0.25) is 10.2 Å². The highest BCUT2D eigenvalue weighted by atomic mass is 16.4. The Hall–Kier alpha value is -2.08. The Morgan fingerprint density at radius 1 is 1.28 bits per heavy atom. The summed E-state index contributed by atoms with van der Waals surface area (Å²) in [6, 6.07) is 8.38. The van der Waals surface area contributed by atoms with Crippen molar-refractivity contribution < 1.29 is 14.7 Å². The lowest BCUT2D eigenvalue weighted by atomic mass is 9.99. The molecule has 1 aromatic carbocycles. The summed E-state index contributed by atoms with van der Waals surface area (Å²) >= 11 is 0. The van der Waals surface area contributed by atoms with Crippen molar-refractivity contribution in [1.82, 2.24) is 15.8 Å². The van der Waals surface area contributed by atoms with Gasteiger partial charge < -0.3 is 10.4 Å². The number of benzene rings is 1. The second kappa shape index (κ2) is 6.61. The topological polar surface area (TPSA) is 81.7 Å². The molecule has 0 spiro atoms. The summed E-state index contributed by atoms with van der Waals surface area (Å²) < 4.78 is 0. The Balaban J connectivity index is 2.60. The summed E-state index contributed by atoms with van der Waals surface area (Å²) in [4.78, 5) is 22.5. The van der Waals surface area contributed by atoms with Crippen molar-refractivity contribution in [2.24, 2.45) is 0 Å². The zero-order valence-corrected chi connectivity index (χ0v) is 10.4.